The van der Waals surface area contributed by atoms with E-state index in [2.05, 4.69) is 17.5 Å². The van der Waals surface area contributed by atoms with Crippen LogP contribution in [0.5, 0.6) is 0 Å². The maximum Gasteiger partial charge on any atom is 0.177 e. The zero-order chi connectivity index (χ0) is 21.6. The molecule has 0 saturated heterocycles. The fraction of sp³-hybridized carbons (Fsp3) is 0.500. The van der Waals surface area contributed by atoms with Gasteiger partial charge in [-0.15, -0.1) is 0 Å². The number of aryl methyl sites for hydroxylation is 3. The molecule has 0 radical (unpaired) electrons. The quantitative estimate of drug-likeness (QED) is 0.648. The molecule has 162 valence electrons. The van der Waals surface area contributed by atoms with E-state index < -0.39 is 5.60 Å². The zero-order valence-electron chi connectivity index (χ0n) is 18.6. The standard InChI is InChI=1S/C24H30N6O/c1-15-22(27-18-11-7-6-10-17(18)26-15)21-13-30-23(28-21)20(25-14-24(2,3)31)12-19(29-30)16-8-4-5-9-16/h8,12-13,25,31H,4-7,9-11,14H2,1-3H3. The first-order valence-corrected chi connectivity index (χ1v) is 11.3. The van der Waals surface area contributed by atoms with Gasteiger partial charge in [-0.3, -0.25) is 4.98 Å². The average molecular weight is 419 g/mol. The third-order valence-corrected chi connectivity index (χ3v) is 6.05. The molecule has 0 amide bonds. The maximum atomic E-state index is 10.2. The fourth-order valence-corrected chi connectivity index (χ4v) is 4.42. The van der Waals surface area contributed by atoms with Crippen molar-refractivity contribution < 1.29 is 5.11 Å². The Morgan fingerprint density at radius 1 is 1.03 bits per heavy atom. The maximum absolute atomic E-state index is 10.2. The molecule has 2 aliphatic rings. The molecule has 3 aromatic rings. The van der Waals surface area contributed by atoms with Crippen LogP contribution in [-0.4, -0.2) is 41.8 Å². The lowest BCUT2D eigenvalue weighted by molar-refractivity contribution is 0.0945. The van der Waals surface area contributed by atoms with Crippen LogP contribution in [0.4, 0.5) is 5.69 Å². The van der Waals surface area contributed by atoms with E-state index >= 15 is 0 Å². The molecule has 0 spiro atoms. The summed E-state index contributed by atoms with van der Waals surface area (Å²) in [6.07, 6.45) is 11.9. The Balaban J connectivity index is 1.61. The van der Waals surface area contributed by atoms with Crippen molar-refractivity contribution >= 4 is 16.9 Å². The summed E-state index contributed by atoms with van der Waals surface area (Å²) in [6, 6.07) is 2.06. The highest BCUT2D eigenvalue weighted by Crippen LogP contribution is 2.31. The van der Waals surface area contributed by atoms with Crippen LogP contribution in [0.15, 0.2) is 18.3 Å². The molecule has 0 aromatic carbocycles. The van der Waals surface area contributed by atoms with Crippen LogP contribution < -0.4 is 5.32 Å². The highest BCUT2D eigenvalue weighted by Gasteiger charge is 2.21. The largest absolute Gasteiger partial charge is 0.389 e. The number of anilines is 1. The molecule has 2 N–H and O–H groups in total. The average Bonchev–Trinajstić information content (AvgIpc) is 3.40. The van der Waals surface area contributed by atoms with Gasteiger partial charge in [-0.05, 0) is 77.4 Å². The first kappa shape index (κ1) is 20.1. The summed E-state index contributed by atoms with van der Waals surface area (Å²) >= 11 is 0. The summed E-state index contributed by atoms with van der Waals surface area (Å²) in [6.45, 7) is 6.02. The number of aromatic nitrogens is 5. The molecule has 31 heavy (non-hydrogen) atoms. The van der Waals surface area contributed by atoms with Gasteiger partial charge in [0.05, 0.1) is 40.3 Å². The van der Waals surface area contributed by atoms with Crippen molar-refractivity contribution in [2.45, 2.75) is 71.3 Å². The minimum absolute atomic E-state index is 0.422. The molecule has 3 heterocycles. The van der Waals surface area contributed by atoms with Crippen molar-refractivity contribution in [3.8, 4) is 11.4 Å². The molecule has 0 aliphatic heterocycles. The van der Waals surface area contributed by atoms with Crippen LogP contribution >= 0.6 is 0 Å². The summed E-state index contributed by atoms with van der Waals surface area (Å²) in [5.41, 5.74) is 7.78. The van der Waals surface area contributed by atoms with Crippen molar-refractivity contribution in [1.29, 1.82) is 0 Å². The van der Waals surface area contributed by atoms with Crippen LogP contribution in [0.25, 0.3) is 22.6 Å². The summed E-state index contributed by atoms with van der Waals surface area (Å²) in [5, 5.41) is 18.5. The number of hydrogen-bond acceptors (Lipinski definition) is 6. The summed E-state index contributed by atoms with van der Waals surface area (Å²) in [5.74, 6) is 0. The lowest BCUT2D eigenvalue weighted by atomic mass is 10.00. The number of allylic oxidation sites excluding steroid dienone is 2. The Labute approximate surface area is 182 Å². The van der Waals surface area contributed by atoms with Crippen LogP contribution in [0, 0.1) is 6.92 Å². The second kappa shape index (κ2) is 7.71. The third-order valence-electron chi connectivity index (χ3n) is 6.05. The first-order chi connectivity index (χ1) is 14.9. The Hall–Kier alpha value is -2.80. The Bertz CT molecular complexity index is 1170. The van der Waals surface area contributed by atoms with Gasteiger partial charge in [-0.25, -0.2) is 14.5 Å². The minimum atomic E-state index is -0.830. The SMILES string of the molecule is Cc1nc2c(nc1-c1cn3nc(C4=CCCC4)cc(NCC(C)(C)O)c3n1)CCCC2. The lowest BCUT2D eigenvalue weighted by Crippen LogP contribution is -2.29. The van der Waals surface area contributed by atoms with Crippen molar-refractivity contribution in [2.75, 3.05) is 11.9 Å². The van der Waals surface area contributed by atoms with Crippen molar-refractivity contribution in [3.63, 3.8) is 0 Å². The normalized spacial score (nSPS) is 16.5. The summed E-state index contributed by atoms with van der Waals surface area (Å²) in [4.78, 5) is 14.7. The molecule has 0 atom stereocenters. The molecular formula is C24H30N6O. The Morgan fingerprint density at radius 3 is 2.52 bits per heavy atom. The number of aliphatic hydroxyl groups is 1. The van der Waals surface area contributed by atoms with Crippen LogP contribution in [0.1, 0.15) is 68.7 Å². The van der Waals surface area contributed by atoms with Crippen molar-refractivity contribution in [3.05, 3.63) is 41.1 Å². The van der Waals surface area contributed by atoms with E-state index in [1.165, 1.54) is 24.8 Å². The van der Waals surface area contributed by atoms with E-state index in [0.717, 1.165) is 71.2 Å². The van der Waals surface area contributed by atoms with E-state index in [-0.39, 0.29) is 0 Å². The molecule has 7 nitrogen and oxygen atoms in total. The fourth-order valence-electron chi connectivity index (χ4n) is 4.42. The highest BCUT2D eigenvalue weighted by molar-refractivity contribution is 5.76. The van der Waals surface area contributed by atoms with Gasteiger partial charge in [-0.2, -0.15) is 5.10 Å². The number of nitrogens with one attached hydrogen (secondary N) is 1. The molecule has 0 saturated carbocycles. The third kappa shape index (κ3) is 4.06. The second-order valence-corrected chi connectivity index (χ2v) is 9.38. The smallest absolute Gasteiger partial charge is 0.177 e. The van der Waals surface area contributed by atoms with E-state index in [1.807, 2.05) is 17.6 Å². The minimum Gasteiger partial charge on any atom is -0.389 e. The Morgan fingerprint density at radius 2 is 1.81 bits per heavy atom. The van der Waals surface area contributed by atoms with Gasteiger partial charge >= 0.3 is 0 Å². The van der Waals surface area contributed by atoms with Gasteiger partial charge < -0.3 is 10.4 Å². The molecule has 5 rings (SSSR count). The van der Waals surface area contributed by atoms with Crippen molar-refractivity contribution in [1.82, 2.24) is 24.6 Å². The van der Waals surface area contributed by atoms with Gasteiger partial charge in [0.1, 0.15) is 11.4 Å². The number of fused-ring (bicyclic) bond motifs is 2. The van der Waals surface area contributed by atoms with E-state index in [9.17, 15) is 5.11 Å². The number of nitrogens with zero attached hydrogens (tertiary/aromatic N) is 5. The van der Waals surface area contributed by atoms with Gasteiger partial charge in [0.25, 0.3) is 0 Å². The van der Waals surface area contributed by atoms with Crippen LogP contribution in [-0.2, 0) is 12.8 Å². The van der Waals surface area contributed by atoms with Crippen LogP contribution in [0.3, 0.4) is 0 Å². The van der Waals surface area contributed by atoms with E-state index in [4.69, 9.17) is 20.1 Å². The monoisotopic (exact) mass is 418 g/mol. The predicted molar refractivity (Wildman–Crippen MR) is 122 cm³/mol. The number of imidazole rings is 1. The topological polar surface area (TPSA) is 88.2 Å². The molecule has 0 fully saturated rings. The zero-order valence-corrected chi connectivity index (χ0v) is 18.6. The number of hydrogen-bond donors (Lipinski definition) is 2. The molecule has 0 unspecified atom stereocenters. The van der Waals surface area contributed by atoms with Gasteiger partial charge in [0.2, 0.25) is 0 Å². The Kier molecular flexibility index (Phi) is 5.01. The van der Waals surface area contributed by atoms with E-state index in [1.54, 1.807) is 13.8 Å². The molecule has 0 bridgehead atoms. The lowest BCUT2D eigenvalue weighted by Gasteiger charge is -2.19. The van der Waals surface area contributed by atoms with E-state index in [0.29, 0.717) is 6.54 Å². The van der Waals surface area contributed by atoms with Gasteiger partial charge in [0.15, 0.2) is 5.65 Å². The summed E-state index contributed by atoms with van der Waals surface area (Å²) in [7, 11) is 0. The van der Waals surface area contributed by atoms with Gasteiger partial charge in [-0.1, -0.05) is 6.08 Å². The second-order valence-electron chi connectivity index (χ2n) is 9.38. The van der Waals surface area contributed by atoms with Crippen LogP contribution in [0.2, 0.25) is 0 Å². The predicted octanol–water partition coefficient (Wildman–Crippen LogP) is 4.12. The molecule has 3 aromatic heterocycles. The highest BCUT2D eigenvalue weighted by atomic mass is 16.3. The number of rotatable bonds is 5. The van der Waals surface area contributed by atoms with Crippen molar-refractivity contribution in [2.24, 2.45) is 0 Å². The van der Waals surface area contributed by atoms with Gasteiger partial charge in [0, 0.05) is 6.54 Å². The molecule has 7 heteroatoms. The molecular weight excluding hydrogens is 388 g/mol. The summed E-state index contributed by atoms with van der Waals surface area (Å²) < 4.78 is 1.84. The first-order valence-electron chi connectivity index (χ1n) is 11.3. The molecule has 2 aliphatic carbocycles.